The molecule has 0 spiro atoms. The van der Waals surface area contributed by atoms with E-state index in [1.165, 1.54) is 0 Å². The van der Waals surface area contributed by atoms with E-state index in [0.717, 1.165) is 46.1 Å². The summed E-state index contributed by atoms with van der Waals surface area (Å²) in [6.07, 6.45) is 0. The molecule has 0 amide bonds. The summed E-state index contributed by atoms with van der Waals surface area (Å²) in [7, 11) is 2.66. The Morgan fingerprint density at radius 3 is 1.97 bits per heavy atom. The van der Waals surface area contributed by atoms with E-state index in [0.29, 0.717) is 5.56 Å². The Balaban J connectivity index is 0.00000117. The van der Waals surface area contributed by atoms with Gasteiger partial charge in [0.05, 0.1) is 18.3 Å². The Bertz CT molecular complexity index is 1120. The molecular weight excluding hydrogens is 362 g/mol. The van der Waals surface area contributed by atoms with Gasteiger partial charge in [-0.2, -0.15) is 0 Å². The molecule has 0 saturated carbocycles. The molecule has 0 unspecified atom stereocenters. The number of carbonyl (C=O) groups is 1. The number of para-hydroxylation sites is 1. The SMILES string of the molecule is CO.COc1ccc(-c2ccc(-c3cc(C(C)=O)c4ccccc4n3)cc2)cc1. The van der Waals surface area contributed by atoms with Gasteiger partial charge in [0, 0.05) is 23.6 Å². The summed E-state index contributed by atoms with van der Waals surface area (Å²) in [6.45, 7) is 1.60. The van der Waals surface area contributed by atoms with Crippen LogP contribution in [0.4, 0.5) is 0 Å². The number of benzene rings is 3. The zero-order valence-electron chi connectivity index (χ0n) is 16.7. The summed E-state index contributed by atoms with van der Waals surface area (Å²) in [5.41, 5.74) is 5.57. The van der Waals surface area contributed by atoms with Gasteiger partial charge in [-0.05, 0) is 42.3 Å². The van der Waals surface area contributed by atoms with E-state index in [9.17, 15) is 4.79 Å². The van der Waals surface area contributed by atoms with Crippen molar-refractivity contribution in [1.82, 2.24) is 4.98 Å². The van der Waals surface area contributed by atoms with E-state index >= 15 is 0 Å². The molecule has 4 aromatic rings. The molecule has 0 aliphatic carbocycles. The molecule has 1 aromatic heterocycles. The Hall–Kier alpha value is -3.50. The predicted molar refractivity (Wildman–Crippen MR) is 117 cm³/mol. The van der Waals surface area contributed by atoms with Gasteiger partial charge in [0.25, 0.3) is 0 Å². The average Bonchev–Trinajstić information content (AvgIpc) is 2.79. The molecule has 1 N–H and O–H groups in total. The number of rotatable bonds is 4. The van der Waals surface area contributed by atoms with Crippen LogP contribution in [0, 0.1) is 0 Å². The van der Waals surface area contributed by atoms with Crippen molar-refractivity contribution in [3.63, 3.8) is 0 Å². The maximum Gasteiger partial charge on any atom is 0.160 e. The number of pyridine rings is 1. The van der Waals surface area contributed by atoms with Crippen LogP contribution >= 0.6 is 0 Å². The smallest absolute Gasteiger partial charge is 0.160 e. The van der Waals surface area contributed by atoms with E-state index in [1.54, 1.807) is 14.0 Å². The Morgan fingerprint density at radius 2 is 1.38 bits per heavy atom. The Morgan fingerprint density at radius 1 is 0.828 bits per heavy atom. The Labute approximate surface area is 170 Å². The number of hydrogen-bond acceptors (Lipinski definition) is 4. The number of ether oxygens (including phenoxy) is 1. The first-order chi connectivity index (χ1) is 14.2. The molecule has 4 rings (SSSR count). The highest BCUT2D eigenvalue weighted by Gasteiger charge is 2.10. The third-order valence-electron chi connectivity index (χ3n) is 4.70. The average molecular weight is 385 g/mol. The number of nitrogens with zero attached hydrogens (tertiary/aromatic N) is 1. The van der Waals surface area contributed by atoms with Gasteiger partial charge in [-0.3, -0.25) is 4.79 Å². The lowest BCUT2D eigenvalue weighted by Gasteiger charge is -2.09. The highest BCUT2D eigenvalue weighted by atomic mass is 16.5. The number of hydrogen-bond donors (Lipinski definition) is 1. The van der Waals surface area contributed by atoms with Crippen LogP contribution in [0.1, 0.15) is 17.3 Å². The monoisotopic (exact) mass is 385 g/mol. The van der Waals surface area contributed by atoms with Crippen LogP contribution in [0.2, 0.25) is 0 Å². The van der Waals surface area contributed by atoms with Crippen LogP contribution < -0.4 is 4.74 Å². The second-order valence-corrected chi connectivity index (χ2v) is 6.43. The summed E-state index contributed by atoms with van der Waals surface area (Å²) < 4.78 is 5.21. The van der Waals surface area contributed by atoms with E-state index in [2.05, 4.69) is 12.1 Å². The van der Waals surface area contributed by atoms with Crippen LogP contribution in [0.5, 0.6) is 5.75 Å². The van der Waals surface area contributed by atoms with Gasteiger partial charge in [-0.1, -0.05) is 54.6 Å². The van der Waals surface area contributed by atoms with Crippen molar-refractivity contribution in [2.24, 2.45) is 0 Å². The van der Waals surface area contributed by atoms with Crippen molar-refractivity contribution in [3.8, 4) is 28.1 Å². The van der Waals surface area contributed by atoms with Crippen molar-refractivity contribution in [3.05, 3.63) is 84.4 Å². The number of fused-ring (bicyclic) bond motifs is 1. The number of ketones is 1. The number of aliphatic hydroxyl groups is 1. The van der Waals surface area contributed by atoms with Crippen LogP contribution in [-0.2, 0) is 0 Å². The van der Waals surface area contributed by atoms with E-state index in [1.807, 2.05) is 66.7 Å². The highest BCUT2D eigenvalue weighted by molar-refractivity contribution is 6.07. The number of methoxy groups -OCH3 is 1. The van der Waals surface area contributed by atoms with Crippen molar-refractivity contribution in [2.45, 2.75) is 6.92 Å². The molecule has 4 heteroatoms. The molecule has 29 heavy (non-hydrogen) atoms. The lowest BCUT2D eigenvalue weighted by Crippen LogP contribution is -1.97. The lowest BCUT2D eigenvalue weighted by atomic mass is 9.99. The molecule has 0 fully saturated rings. The molecular formula is C25H23NO3. The molecule has 0 atom stereocenters. The zero-order chi connectivity index (χ0) is 20.8. The van der Waals surface area contributed by atoms with Crippen molar-refractivity contribution >= 4 is 16.7 Å². The molecule has 0 saturated heterocycles. The second kappa shape index (κ2) is 9.13. The first-order valence-electron chi connectivity index (χ1n) is 9.26. The van der Waals surface area contributed by atoms with Gasteiger partial charge in [0.2, 0.25) is 0 Å². The number of carbonyl (C=O) groups excluding carboxylic acids is 1. The quantitative estimate of drug-likeness (QED) is 0.479. The third kappa shape index (κ3) is 4.33. The van der Waals surface area contributed by atoms with Gasteiger partial charge in [0.15, 0.2) is 5.78 Å². The normalized spacial score (nSPS) is 10.2. The summed E-state index contributed by atoms with van der Waals surface area (Å²) in [4.78, 5) is 16.8. The number of aliphatic hydroxyl groups excluding tert-OH is 1. The highest BCUT2D eigenvalue weighted by Crippen LogP contribution is 2.28. The topological polar surface area (TPSA) is 59.4 Å². The van der Waals surface area contributed by atoms with E-state index < -0.39 is 0 Å². The van der Waals surface area contributed by atoms with Crippen molar-refractivity contribution < 1.29 is 14.6 Å². The summed E-state index contributed by atoms with van der Waals surface area (Å²) in [5.74, 6) is 0.886. The largest absolute Gasteiger partial charge is 0.497 e. The third-order valence-corrected chi connectivity index (χ3v) is 4.70. The van der Waals surface area contributed by atoms with Gasteiger partial charge in [-0.15, -0.1) is 0 Å². The first kappa shape index (κ1) is 20.2. The van der Waals surface area contributed by atoms with Crippen LogP contribution in [-0.4, -0.2) is 30.1 Å². The standard InChI is InChI=1S/C24H19NO2.CH4O/c1-16(26)22-15-24(25-23-6-4-3-5-21(22)23)19-9-7-17(8-10-19)18-11-13-20(27-2)14-12-18;1-2/h3-15H,1-2H3;2H,1H3. The van der Waals surface area contributed by atoms with Crippen LogP contribution in [0.15, 0.2) is 78.9 Å². The summed E-state index contributed by atoms with van der Waals surface area (Å²) in [5, 5.41) is 7.89. The molecule has 0 radical (unpaired) electrons. The van der Waals surface area contributed by atoms with Crippen molar-refractivity contribution in [2.75, 3.05) is 14.2 Å². The fraction of sp³-hybridized carbons (Fsp3) is 0.120. The van der Waals surface area contributed by atoms with Gasteiger partial charge in [0.1, 0.15) is 5.75 Å². The molecule has 146 valence electrons. The maximum absolute atomic E-state index is 12.1. The summed E-state index contributed by atoms with van der Waals surface area (Å²) in [6, 6.07) is 25.8. The minimum absolute atomic E-state index is 0.0460. The van der Waals surface area contributed by atoms with Gasteiger partial charge >= 0.3 is 0 Å². The summed E-state index contributed by atoms with van der Waals surface area (Å²) >= 11 is 0. The number of aromatic nitrogens is 1. The first-order valence-corrected chi connectivity index (χ1v) is 9.26. The second-order valence-electron chi connectivity index (χ2n) is 6.43. The van der Waals surface area contributed by atoms with E-state index in [4.69, 9.17) is 14.8 Å². The molecule has 0 aliphatic rings. The van der Waals surface area contributed by atoms with E-state index in [-0.39, 0.29) is 5.78 Å². The molecule has 4 nitrogen and oxygen atoms in total. The Kier molecular flexibility index (Phi) is 6.37. The molecule has 0 bridgehead atoms. The van der Waals surface area contributed by atoms with Crippen LogP contribution in [0.3, 0.4) is 0 Å². The molecule has 0 aliphatic heterocycles. The predicted octanol–water partition coefficient (Wildman–Crippen LogP) is 5.39. The zero-order valence-corrected chi connectivity index (χ0v) is 16.7. The minimum Gasteiger partial charge on any atom is -0.497 e. The van der Waals surface area contributed by atoms with Crippen LogP contribution in [0.25, 0.3) is 33.3 Å². The fourth-order valence-corrected chi connectivity index (χ4v) is 3.23. The van der Waals surface area contributed by atoms with Crippen molar-refractivity contribution in [1.29, 1.82) is 0 Å². The maximum atomic E-state index is 12.1. The minimum atomic E-state index is 0.0460. The molecule has 1 heterocycles. The molecule has 3 aromatic carbocycles. The fourth-order valence-electron chi connectivity index (χ4n) is 3.23. The lowest BCUT2D eigenvalue weighted by molar-refractivity contribution is 0.101. The number of Topliss-reactive ketones (excluding diaryl/α,β-unsaturated/α-hetero) is 1. The van der Waals surface area contributed by atoms with Gasteiger partial charge in [-0.25, -0.2) is 4.98 Å². The van der Waals surface area contributed by atoms with Gasteiger partial charge < -0.3 is 9.84 Å².